The van der Waals surface area contributed by atoms with Gasteiger partial charge in [-0.3, -0.25) is 14.4 Å². The Kier molecular flexibility index (Phi) is 11.1. The van der Waals surface area contributed by atoms with Gasteiger partial charge in [0.1, 0.15) is 17.2 Å². The summed E-state index contributed by atoms with van der Waals surface area (Å²) in [6.45, 7) is 4.90. The minimum atomic E-state index is -1.13. The smallest absolute Gasteiger partial charge is 0.335 e. The van der Waals surface area contributed by atoms with E-state index in [-0.39, 0.29) is 41.6 Å². The van der Waals surface area contributed by atoms with Crippen molar-refractivity contribution >= 4 is 23.5 Å². The second kappa shape index (κ2) is 15.2. The zero-order chi connectivity index (χ0) is 31.6. The zero-order valence-corrected chi connectivity index (χ0v) is 25.1. The van der Waals surface area contributed by atoms with Gasteiger partial charge in [-0.1, -0.05) is 32.4 Å². The number of carbonyl (C=O) groups is 4. The van der Waals surface area contributed by atoms with E-state index in [9.17, 15) is 29.4 Å². The van der Waals surface area contributed by atoms with E-state index in [0.717, 1.165) is 24.2 Å². The Morgan fingerprint density at radius 3 is 2.41 bits per heavy atom. The first kappa shape index (κ1) is 32.3. The number of carboxylic acid groups (broad SMARTS) is 2. The van der Waals surface area contributed by atoms with Crippen LogP contribution in [0.15, 0.2) is 54.6 Å². The Bertz CT molecular complexity index is 1520. The predicted molar refractivity (Wildman–Crippen MR) is 164 cm³/mol. The Morgan fingerprint density at radius 2 is 1.68 bits per heavy atom. The lowest BCUT2D eigenvalue weighted by Gasteiger charge is -2.23. The lowest BCUT2D eigenvalue weighted by atomic mass is 9.97. The van der Waals surface area contributed by atoms with E-state index < -0.39 is 11.9 Å². The number of hydrogen-bond donors (Lipinski definition) is 2. The van der Waals surface area contributed by atoms with Crippen LogP contribution >= 0.6 is 0 Å². The highest BCUT2D eigenvalue weighted by Crippen LogP contribution is 2.36. The molecule has 1 unspecified atom stereocenters. The summed E-state index contributed by atoms with van der Waals surface area (Å²) in [7, 11) is 0. The van der Waals surface area contributed by atoms with Gasteiger partial charge >= 0.3 is 11.9 Å². The summed E-state index contributed by atoms with van der Waals surface area (Å²) in [6.07, 6.45) is 3.96. The molecule has 3 aromatic rings. The maximum absolute atomic E-state index is 13.2. The van der Waals surface area contributed by atoms with E-state index in [1.165, 1.54) is 18.2 Å². The molecule has 232 valence electrons. The first-order valence-corrected chi connectivity index (χ1v) is 15.1. The van der Waals surface area contributed by atoms with Crippen molar-refractivity contribution in [3.05, 3.63) is 88.0 Å². The van der Waals surface area contributed by atoms with Crippen LogP contribution in [0.5, 0.6) is 17.2 Å². The molecule has 2 N–H and O–H groups in total. The molecular weight excluding hydrogens is 564 g/mol. The van der Waals surface area contributed by atoms with E-state index in [1.807, 2.05) is 13.0 Å². The molecule has 9 heteroatoms. The number of ketones is 2. The predicted octanol–water partition coefficient (Wildman–Crippen LogP) is 6.57. The molecule has 0 spiro atoms. The summed E-state index contributed by atoms with van der Waals surface area (Å²) in [5, 5.41) is 18.6. The number of ether oxygens (including phenoxy) is 3. The molecule has 0 fully saturated rings. The second-order valence-corrected chi connectivity index (χ2v) is 10.8. The van der Waals surface area contributed by atoms with Crippen molar-refractivity contribution in [1.29, 1.82) is 0 Å². The van der Waals surface area contributed by atoms with Gasteiger partial charge in [0.25, 0.3) is 0 Å². The Labute approximate surface area is 256 Å². The summed E-state index contributed by atoms with van der Waals surface area (Å²) in [6, 6.07) is 14.3. The number of carboxylic acids is 2. The lowest BCUT2D eigenvalue weighted by Crippen LogP contribution is -2.19. The topological polar surface area (TPSA) is 136 Å². The molecule has 9 nitrogen and oxygen atoms in total. The minimum Gasteiger partial charge on any atom is -0.493 e. The highest BCUT2D eigenvalue weighted by Gasteiger charge is 2.24. The van der Waals surface area contributed by atoms with E-state index >= 15 is 0 Å². The molecule has 1 aliphatic heterocycles. The molecule has 0 amide bonds. The monoisotopic (exact) mass is 602 g/mol. The van der Waals surface area contributed by atoms with Gasteiger partial charge in [0, 0.05) is 29.5 Å². The molecule has 0 bridgehead atoms. The number of aliphatic carboxylic acids is 1. The van der Waals surface area contributed by atoms with Crippen molar-refractivity contribution in [2.45, 2.75) is 71.3 Å². The van der Waals surface area contributed by atoms with Gasteiger partial charge in [-0.15, -0.1) is 0 Å². The van der Waals surface area contributed by atoms with Crippen LogP contribution < -0.4 is 14.2 Å². The average molecular weight is 603 g/mol. The number of carbonyl (C=O) groups excluding carboxylic acids is 2. The van der Waals surface area contributed by atoms with Crippen LogP contribution in [0.4, 0.5) is 0 Å². The van der Waals surface area contributed by atoms with Gasteiger partial charge in [-0.2, -0.15) is 0 Å². The Morgan fingerprint density at radius 1 is 0.932 bits per heavy atom. The SMILES string of the molecule is CCCc1c(OCCCC(CC)Oc2ccc(C(=O)c3cccc(C(=O)O)c3)cc2CCC(=O)O)ccc2c1OCCC2=O. The molecule has 1 atom stereocenters. The fourth-order valence-corrected chi connectivity index (χ4v) is 5.25. The largest absolute Gasteiger partial charge is 0.493 e. The fourth-order valence-electron chi connectivity index (χ4n) is 5.25. The quantitative estimate of drug-likeness (QED) is 0.138. The van der Waals surface area contributed by atoms with Gasteiger partial charge in [0.2, 0.25) is 0 Å². The van der Waals surface area contributed by atoms with Crippen molar-refractivity contribution in [3.63, 3.8) is 0 Å². The number of aromatic carboxylic acids is 1. The Balaban J connectivity index is 1.43. The number of aryl methyl sites for hydroxylation is 1. The normalized spacial score (nSPS) is 13.0. The van der Waals surface area contributed by atoms with Gasteiger partial charge in [-0.25, -0.2) is 4.79 Å². The minimum absolute atomic E-state index is 0.00770. The molecule has 1 aliphatic rings. The molecule has 44 heavy (non-hydrogen) atoms. The van der Waals surface area contributed by atoms with Gasteiger partial charge in [0.05, 0.1) is 30.4 Å². The van der Waals surface area contributed by atoms with Gasteiger partial charge < -0.3 is 24.4 Å². The van der Waals surface area contributed by atoms with E-state index in [1.54, 1.807) is 30.3 Å². The third-order valence-electron chi connectivity index (χ3n) is 7.57. The van der Waals surface area contributed by atoms with Crippen molar-refractivity contribution in [1.82, 2.24) is 0 Å². The summed E-state index contributed by atoms with van der Waals surface area (Å²) in [5.41, 5.74) is 2.69. The summed E-state index contributed by atoms with van der Waals surface area (Å²) in [4.78, 5) is 48.2. The molecule has 0 radical (unpaired) electrons. The number of hydrogen-bond acceptors (Lipinski definition) is 7. The van der Waals surface area contributed by atoms with Crippen molar-refractivity contribution in [2.24, 2.45) is 0 Å². The number of benzene rings is 3. The number of fused-ring (bicyclic) bond motifs is 1. The third kappa shape index (κ3) is 8.03. The molecule has 3 aromatic carbocycles. The van der Waals surface area contributed by atoms with Crippen LogP contribution in [0.3, 0.4) is 0 Å². The zero-order valence-electron chi connectivity index (χ0n) is 25.1. The van der Waals surface area contributed by atoms with Crippen LogP contribution in [0.2, 0.25) is 0 Å². The van der Waals surface area contributed by atoms with Crippen LogP contribution in [0, 0.1) is 0 Å². The molecule has 0 aliphatic carbocycles. The second-order valence-electron chi connectivity index (χ2n) is 10.8. The molecule has 4 rings (SSSR count). The van der Waals surface area contributed by atoms with E-state index in [2.05, 4.69) is 6.92 Å². The van der Waals surface area contributed by atoms with Crippen molar-refractivity contribution in [2.75, 3.05) is 13.2 Å². The highest BCUT2D eigenvalue weighted by molar-refractivity contribution is 6.10. The van der Waals surface area contributed by atoms with E-state index in [4.69, 9.17) is 14.2 Å². The van der Waals surface area contributed by atoms with Crippen molar-refractivity contribution < 1.29 is 43.6 Å². The molecule has 0 saturated heterocycles. The third-order valence-corrected chi connectivity index (χ3v) is 7.57. The highest BCUT2D eigenvalue weighted by atomic mass is 16.5. The molecule has 0 aromatic heterocycles. The standard InChI is InChI=1S/C35H38O9/c1-3-7-28-31(15-13-27-29(36)17-19-43-34(27)28)42-18-6-10-26(4-2)44-30-14-11-24(20-22(30)12-16-32(37)38)33(39)23-8-5-9-25(21-23)35(40)41/h5,8-9,11,13-15,20-21,26H,3-4,6-7,10,12,16-19H2,1-2H3,(H,37,38)(H,40,41). The first-order chi connectivity index (χ1) is 21.2. The van der Waals surface area contributed by atoms with Gasteiger partial charge in [0.15, 0.2) is 11.6 Å². The summed E-state index contributed by atoms with van der Waals surface area (Å²) in [5.74, 6) is -0.497. The van der Waals surface area contributed by atoms with Crippen molar-refractivity contribution in [3.8, 4) is 17.2 Å². The van der Waals surface area contributed by atoms with Gasteiger partial charge in [-0.05, 0) is 80.1 Å². The summed E-state index contributed by atoms with van der Waals surface area (Å²) < 4.78 is 18.3. The van der Waals surface area contributed by atoms with Crippen LogP contribution in [-0.4, -0.2) is 53.0 Å². The van der Waals surface area contributed by atoms with Crippen LogP contribution in [-0.2, 0) is 17.6 Å². The molecule has 1 heterocycles. The van der Waals surface area contributed by atoms with Crippen LogP contribution in [0.25, 0.3) is 0 Å². The Hall–Kier alpha value is -4.66. The molecule has 0 saturated carbocycles. The number of rotatable bonds is 16. The van der Waals surface area contributed by atoms with Crippen LogP contribution in [0.1, 0.15) is 100 Å². The maximum Gasteiger partial charge on any atom is 0.335 e. The number of Topliss-reactive ketones (excluding diaryl/α,β-unsaturated/α-hetero) is 1. The first-order valence-electron chi connectivity index (χ1n) is 15.1. The summed E-state index contributed by atoms with van der Waals surface area (Å²) >= 11 is 0. The average Bonchev–Trinajstić information content (AvgIpc) is 3.02. The maximum atomic E-state index is 13.2. The lowest BCUT2D eigenvalue weighted by molar-refractivity contribution is -0.136. The fraction of sp³-hybridized carbons (Fsp3) is 0.371. The molecular formula is C35H38O9. The van der Waals surface area contributed by atoms with E-state index in [0.29, 0.717) is 67.1 Å².